The van der Waals surface area contributed by atoms with E-state index in [-0.39, 0.29) is 6.61 Å². The first-order chi connectivity index (χ1) is 14.6. The van der Waals surface area contributed by atoms with Gasteiger partial charge in [-0.05, 0) is 38.5 Å². The van der Waals surface area contributed by atoms with Crippen molar-refractivity contribution in [2.75, 3.05) is 23.8 Å². The molecule has 0 aliphatic heterocycles. The van der Waals surface area contributed by atoms with E-state index in [1.165, 1.54) is 0 Å². The molecule has 0 aliphatic rings. The predicted octanol–water partition coefficient (Wildman–Crippen LogP) is 2.06. The average molecular weight is 407 g/mol. The van der Waals surface area contributed by atoms with Crippen LogP contribution in [0.1, 0.15) is 23.9 Å². The van der Waals surface area contributed by atoms with Crippen LogP contribution in [-0.2, 0) is 13.1 Å². The van der Waals surface area contributed by atoms with Crippen molar-refractivity contribution in [3.05, 3.63) is 47.7 Å². The molecule has 30 heavy (non-hydrogen) atoms. The van der Waals surface area contributed by atoms with Gasteiger partial charge in [-0.15, -0.1) is 0 Å². The molecule has 0 unspecified atom stereocenters. The van der Waals surface area contributed by atoms with Gasteiger partial charge in [0.25, 0.3) is 0 Å². The second-order valence-corrected chi connectivity index (χ2v) is 6.97. The number of aliphatic hydroxyl groups excluding tert-OH is 1. The molecule has 0 aromatic carbocycles. The Bertz CT molecular complexity index is 1150. The fourth-order valence-electron chi connectivity index (χ4n) is 3.24. The molecule has 4 aromatic heterocycles. The maximum absolute atomic E-state index is 9.08. The third-order valence-electron chi connectivity index (χ3n) is 4.70. The molecular formula is C20H25N9O. The second-order valence-electron chi connectivity index (χ2n) is 6.97. The van der Waals surface area contributed by atoms with Crippen LogP contribution in [0.15, 0.2) is 30.7 Å². The van der Waals surface area contributed by atoms with E-state index in [9.17, 15) is 0 Å². The van der Waals surface area contributed by atoms with Crippen LogP contribution in [0.2, 0.25) is 0 Å². The smallest absolute Gasteiger partial charge is 0.226 e. The third-order valence-corrected chi connectivity index (χ3v) is 4.70. The van der Waals surface area contributed by atoms with E-state index in [4.69, 9.17) is 5.11 Å². The van der Waals surface area contributed by atoms with Gasteiger partial charge < -0.3 is 20.3 Å². The number of pyridine rings is 1. The minimum absolute atomic E-state index is 0.00443. The molecule has 0 amide bonds. The molecule has 4 heterocycles. The molecule has 4 rings (SSSR count). The summed E-state index contributed by atoms with van der Waals surface area (Å²) in [6.45, 7) is 7.68. The van der Waals surface area contributed by atoms with E-state index in [2.05, 4.69) is 35.7 Å². The van der Waals surface area contributed by atoms with Gasteiger partial charge in [-0.25, -0.2) is 14.6 Å². The highest BCUT2D eigenvalue weighted by Gasteiger charge is 2.13. The second kappa shape index (κ2) is 8.46. The largest absolute Gasteiger partial charge is 0.395 e. The van der Waals surface area contributed by atoms with Crippen molar-refractivity contribution in [3.63, 3.8) is 0 Å². The lowest BCUT2D eigenvalue weighted by atomic mass is 10.2. The molecule has 0 atom stereocenters. The van der Waals surface area contributed by atoms with Crippen LogP contribution in [0, 0.1) is 13.8 Å². The first-order valence-electron chi connectivity index (χ1n) is 9.89. The van der Waals surface area contributed by atoms with Crippen LogP contribution < -0.4 is 10.6 Å². The highest BCUT2D eigenvalue weighted by atomic mass is 16.3. The van der Waals surface area contributed by atoms with E-state index in [0.29, 0.717) is 30.4 Å². The highest BCUT2D eigenvalue weighted by molar-refractivity contribution is 5.84. The molecule has 4 aromatic rings. The summed E-state index contributed by atoms with van der Waals surface area (Å²) in [5.74, 6) is 1.87. The lowest BCUT2D eigenvalue weighted by Crippen LogP contribution is -2.11. The van der Waals surface area contributed by atoms with Crippen LogP contribution in [-0.4, -0.2) is 52.5 Å². The van der Waals surface area contributed by atoms with Crippen molar-refractivity contribution in [1.29, 1.82) is 0 Å². The summed E-state index contributed by atoms with van der Waals surface area (Å²) >= 11 is 0. The number of nitrogens with one attached hydrogen (secondary N) is 2. The van der Waals surface area contributed by atoms with Gasteiger partial charge >= 0.3 is 0 Å². The number of imidazole rings is 1. The molecule has 0 radical (unpaired) electrons. The Morgan fingerprint density at radius 1 is 1.10 bits per heavy atom. The van der Waals surface area contributed by atoms with E-state index < -0.39 is 0 Å². The first kappa shape index (κ1) is 19.8. The fourth-order valence-corrected chi connectivity index (χ4v) is 3.24. The number of aryl methyl sites for hydroxylation is 3. The van der Waals surface area contributed by atoms with Crippen LogP contribution in [0.25, 0.3) is 17.0 Å². The van der Waals surface area contributed by atoms with E-state index >= 15 is 0 Å². The van der Waals surface area contributed by atoms with Crippen LogP contribution in [0.3, 0.4) is 0 Å². The maximum atomic E-state index is 9.08. The Morgan fingerprint density at radius 3 is 2.63 bits per heavy atom. The third kappa shape index (κ3) is 3.94. The average Bonchev–Trinajstić information content (AvgIpc) is 3.32. The van der Waals surface area contributed by atoms with Crippen LogP contribution in [0.5, 0.6) is 0 Å². The van der Waals surface area contributed by atoms with Crippen LogP contribution in [0.4, 0.5) is 11.8 Å². The topological polar surface area (TPSA) is 119 Å². The standard InChI is InChI=1S/C20H25N9O/c1-4-28-12-24-17-18(25-20(21-7-8-30)26-19(17)28)23-11-15-5-6-16(22-10-15)29-14(3)9-13(2)27-29/h5-6,9-10,12,30H,4,7-8,11H2,1-3H3,(H2,21,23,25,26). The summed E-state index contributed by atoms with van der Waals surface area (Å²) in [4.78, 5) is 18.0. The molecule has 0 saturated carbocycles. The predicted molar refractivity (Wildman–Crippen MR) is 115 cm³/mol. The van der Waals surface area contributed by atoms with Crippen molar-refractivity contribution in [3.8, 4) is 5.82 Å². The van der Waals surface area contributed by atoms with Gasteiger partial charge in [-0.3, -0.25) is 0 Å². The summed E-state index contributed by atoms with van der Waals surface area (Å²) in [5, 5.41) is 19.9. The number of fused-ring (bicyclic) bond motifs is 1. The molecule has 0 fully saturated rings. The van der Waals surface area contributed by atoms with Gasteiger partial charge in [-0.1, -0.05) is 6.07 Å². The molecule has 0 spiro atoms. The quantitative estimate of drug-likeness (QED) is 0.406. The van der Waals surface area contributed by atoms with E-state index in [1.54, 1.807) is 6.33 Å². The monoisotopic (exact) mass is 407 g/mol. The van der Waals surface area contributed by atoms with Gasteiger partial charge in [0.05, 0.1) is 18.6 Å². The zero-order valence-electron chi connectivity index (χ0n) is 17.3. The van der Waals surface area contributed by atoms with Gasteiger partial charge in [0.2, 0.25) is 5.95 Å². The Labute approximate surface area is 174 Å². The Morgan fingerprint density at radius 2 is 1.97 bits per heavy atom. The van der Waals surface area contributed by atoms with Crippen LogP contribution >= 0.6 is 0 Å². The molecule has 156 valence electrons. The van der Waals surface area contributed by atoms with Crippen molar-refractivity contribution in [2.24, 2.45) is 0 Å². The lowest BCUT2D eigenvalue weighted by molar-refractivity contribution is 0.311. The van der Waals surface area contributed by atoms with Crippen molar-refractivity contribution in [2.45, 2.75) is 33.9 Å². The zero-order valence-corrected chi connectivity index (χ0v) is 17.3. The lowest BCUT2D eigenvalue weighted by Gasteiger charge is -2.10. The van der Waals surface area contributed by atoms with Gasteiger partial charge in [0, 0.05) is 31.5 Å². The minimum atomic E-state index is 0.00443. The SMILES string of the molecule is CCn1cnc2c(NCc3ccc(-n4nc(C)cc4C)nc3)nc(NCCO)nc21. The Hall–Kier alpha value is -3.53. The minimum Gasteiger partial charge on any atom is -0.395 e. The summed E-state index contributed by atoms with van der Waals surface area (Å²) in [6, 6.07) is 5.99. The van der Waals surface area contributed by atoms with Gasteiger partial charge in [0.1, 0.15) is 0 Å². The Balaban J connectivity index is 1.55. The summed E-state index contributed by atoms with van der Waals surface area (Å²) < 4.78 is 3.79. The Kier molecular flexibility index (Phi) is 5.57. The number of aliphatic hydroxyl groups is 1. The molecule has 0 aliphatic carbocycles. The molecule has 3 N–H and O–H groups in total. The molecule has 10 heteroatoms. The fraction of sp³-hybridized carbons (Fsp3) is 0.350. The highest BCUT2D eigenvalue weighted by Crippen LogP contribution is 2.21. The van der Waals surface area contributed by atoms with Crippen molar-refractivity contribution in [1.82, 2.24) is 34.3 Å². The maximum Gasteiger partial charge on any atom is 0.226 e. The summed E-state index contributed by atoms with van der Waals surface area (Å²) in [6.07, 6.45) is 3.58. The molecule has 0 saturated heterocycles. The van der Waals surface area contributed by atoms with Gasteiger partial charge in [-0.2, -0.15) is 15.1 Å². The normalized spacial score (nSPS) is 11.2. The summed E-state index contributed by atoms with van der Waals surface area (Å²) in [5.41, 5.74) is 4.47. The number of hydrogen-bond acceptors (Lipinski definition) is 8. The molecular weight excluding hydrogens is 382 g/mol. The zero-order chi connectivity index (χ0) is 21.1. The van der Waals surface area contributed by atoms with E-state index in [1.807, 2.05) is 54.4 Å². The number of aromatic nitrogens is 7. The molecule has 0 bridgehead atoms. The molecule has 10 nitrogen and oxygen atoms in total. The number of rotatable bonds is 8. The number of anilines is 2. The number of hydrogen-bond donors (Lipinski definition) is 3. The van der Waals surface area contributed by atoms with Gasteiger partial charge in [0.15, 0.2) is 22.8 Å². The first-order valence-corrected chi connectivity index (χ1v) is 9.89. The van der Waals surface area contributed by atoms with Crippen molar-refractivity contribution >= 4 is 22.9 Å². The van der Waals surface area contributed by atoms with E-state index in [0.717, 1.165) is 35.0 Å². The van der Waals surface area contributed by atoms with Crippen molar-refractivity contribution < 1.29 is 5.11 Å². The number of nitrogens with zero attached hydrogens (tertiary/aromatic N) is 7. The summed E-state index contributed by atoms with van der Waals surface area (Å²) in [7, 11) is 0.